The second-order valence-electron chi connectivity index (χ2n) is 8.40. The molecule has 0 fully saturated rings. The van der Waals surface area contributed by atoms with Crippen LogP contribution >= 0.6 is 12.6 Å². The minimum absolute atomic E-state index is 0.0907. The highest BCUT2D eigenvalue weighted by molar-refractivity contribution is 7.80. The Morgan fingerprint density at radius 1 is 0.868 bits per heavy atom. The van der Waals surface area contributed by atoms with Gasteiger partial charge in [-0.25, -0.2) is 4.79 Å². The molecule has 14 nitrogen and oxygen atoms in total. The van der Waals surface area contributed by atoms with E-state index in [0.717, 1.165) is 16.5 Å². The van der Waals surface area contributed by atoms with E-state index in [1.165, 1.54) is 0 Å². The summed E-state index contributed by atoms with van der Waals surface area (Å²) in [5.74, 6) is -7.40. The van der Waals surface area contributed by atoms with Crippen molar-refractivity contribution in [2.24, 2.45) is 5.73 Å². The zero-order valence-electron chi connectivity index (χ0n) is 20.0. The molecule has 0 unspecified atom stereocenters. The Morgan fingerprint density at radius 3 is 2.08 bits per heavy atom. The maximum Gasteiger partial charge on any atom is 0.327 e. The van der Waals surface area contributed by atoms with Crippen LogP contribution in [0.15, 0.2) is 30.5 Å². The molecule has 1 aromatic carbocycles. The van der Waals surface area contributed by atoms with Crippen LogP contribution in [-0.4, -0.2) is 85.9 Å². The fourth-order valence-corrected chi connectivity index (χ4v) is 3.81. The minimum Gasteiger partial charge on any atom is -0.481 e. The number of carbonyl (C=O) groups excluding carboxylic acids is 3. The summed E-state index contributed by atoms with van der Waals surface area (Å²) in [4.78, 5) is 74.8. The Balaban J connectivity index is 2.15. The van der Waals surface area contributed by atoms with Crippen molar-refractivity contribution in [3.05, 3.63) is 36.0 Å². The van der Waals surface area contributed by atoms with Crippen LogP contribution in [0, 0.1) is 0 Å². The molecule has 3 amide bonds. The normalized spacial score (nSPS) is 14.1. The molecule has 1 heterocycles. The number of carboxylic acid groups (broad SMARTS) is 3. The van der Waals surface area contributed by atoms with E-state index in [0.29, 0.717) is 0 Å². The molecule has 2 aromatic rings. The lowest BCUT2D eigenvalue weighted by atomic mass is 10.0. The number of benzene rings is 1. The predicted molar refractivity (Wildman–Crippen MR) is 136 cm³/mol. The number of aromatic nitrogens is 1. The highest BCUT2D eigenvalue weighted by Crippen LogP contribution is 2.18. The molecule has 0 saturated heterocycles. The van der Waals surface area contributed by atoms with Crippen LogP contribution in [-0.2, 0) is 35.2 Å². The van der Waals surface area contributed by atoms with Gasteiger partial charge in [-0.1, -0.05) is 18.2 Å². The maximum atomic E-state index is 12.9. The Kier molecular flexibility index (Phi) is 11.1. The van der Waals surface area contributed by atoms with Crippen molar-refractivity contribution in [1.82, 2.24) is 20.9 Å². The summed E-state index contributed by atoms with van der Waals surface area (Å²) < 4.78 is 0. The van der Waals surface area contributed by atoms with Crippen LogP contribution in [0.3, 0.4) is 0 Å². The van der Waals surface area contributed by atoms with Crippen molar-refractivity contribution in [2.45, 2.75) is 49.9 Å². The summed E-state index contributed by atoms with van der Waals surface area (Å²) in [5.41, 5.74) is 7.61. The molecule has 0 bridgehead atoms. The number of nitrogens with one attached hydrogen (secondary N) is 4. The number of fused-ring (bicyclic) bond motifs is 1. The quantitative estimate of drug-likeness (QED) is 0.120. The fourth-order valence-electron chi connectivity index (χ4n) is 3.56. The molecular formula is C23H29N5O9S. The zero-order chi connectivity index (χ0) is 28.4. The van der Waals surface area contributed by atoms with Crippen LogP contribution in [0.2, 0.25) is 0 Å². The lowest BCUT2D eigenvalue weighted by Crippen LogP contribution is -2.57. The highest BCUT2D eigenvalue weighted by atomic mass is 32.1. The summed E-state index contributed by atoms with van der Waals surface area (Å²) in [6, 6.07) is 1.56. The first-order chi connectivity index (χ1) is 17.9. The molecule has 0 saturated carbocycles. The van der Waals surface area contributed by atoms with E-state index in [2.05, 4.69) is 33.6 Å². The van der Waals surface area contributed by atoms with Gasteiger partial charge < -0.3 is 42.0 Å². The first-order valence-electron chi connectivity index (χ1n) is 11.4. The number of amides is 3. The summed E-state index contributed by atoms with van der Waals surface area (Å²) in [6.07, 6.45) is -0.0462. The van der Waals surface area contributed by atoms with Gasteiger partial charge in [-0.05, 0) is 24.5 Å². The number of H-pyrrole nitrogens is 1. The van der Waals surface area contributed by atoms with E-state index in [4.69, 9.17) is 21.1 Å². The van der Waals surface area contributed by atoms with Crippen molar-refractivity contribution < 1.29 is 44.1 Å². The summed E-state index contributed by atoms with van der Waals surface area (Å²) in [5, 5.41) is 34.7. The summed E-state index contributed by atoms with van der Waals surface area (Å²) in [7, 11) is 0. The lowest BCUT2D eigenvalue weighted by Gasteiger charge is -2.24. The van der Waals surface area contributed by atoms with E-state index in [1.807, 2.05) is 24.3 Å². The van der Waals surface area contributed by atoms with Crippen LogP contribution < -0.4 is 21.7 Å². The van der Waals surface area contributed by atoms with Crippen LogP contribution in [0.4, 0.5) is 0 Å². The van der Waals surface area contributed by atoms with Gasteiger partial charge in [0.2, 0.25) is 17.7 Å². The predicted octanol–water partition coefficient (Wildman–Crippen LogP) is -1.15. The molecule has 0 aliphatic carbocycles. The van der Waals surface area contributed by atoms with Gasteiger partial charge in [-0.15, -0.1) is 0 Å². The number of thiol groups is 1. The van der Waals surface area contributed by atoms with Crippen molar-refractivity contribution in [3.8, 4) is 0 Å². The monoisotopic (exact) mass is 551 g/mol. The first kappa shape index (κ1) is 30.1. The molecule has 0 radical (unpaired) electrons. The molecular weight excluding hydrogens is 522 g/mol. The van der Waals surface area contributed by atoms with Gasteiger partial charge >= 0.3 is 17.9 Å². The van der Waals surface area contributed by atoms with Crippen LogP contribution in [0.25, 0.3) is 10.9 Å². The second-order valence-corrected chi connectivity index (χ2v) is 8.77. The standard InChI is InChI=1S/C23H29N5O9S/c24-13(7-11-9-25-14-4-2-1-3-12(11)14)20(33)26-15(5-6-18(29)30)21(34)27-16(8-19(31)32)22(35)28-17(10-38)23(36)37/h1-4,9,13,15-17,25,38H,5-8,10,24H2,(H,26,33)(H,27,34)(H,28,35)(H,29,30)(H,31,32)(H,36,37)/t13-,15-,16-,17-/m0/s1. The Labute approximate surface area is 221 Å². The number of para-hydroxylation sites is 1. The molecule has 0 spiro atoms. The molecule has 9 N–H and O–H groups in total. The van der Waals surface area contributed by atoms with Crippen molar-refractivity contribution in [1.29, 1.82) is 0 Å². The van der Waals surface area contributed by atoms with Crippen molar-refractivity contribution in [3.63, 3.8) is 0 Å². The Hall–Kier alpha value is -4.11. The Bertz CT molecular complexity index is 1200. The average molecular weight is 552 g/mol. The first-order valence-corrected chi connectivity index (χ1v) is 12.0. The number of hydrogen-bond donors (Lipinski definition) is 9. The van der Waals surface area contributed by atoms with Crippen LogP contribution in [0.5, 0.6) is 0 Å². The number of nitrogens with two attached hydrogens (primary N) is 1. The number of aromatic amines is 1. The topological polar surface area (TPSA) is 241 Å². The van der Waals surface area contributed by atoms with E-state index in [9.17, 15) is 28.8 Å². The lowest BCUT2D eigenvalue weighted by molar-refractivity contribution is -0.143. The smallest absolute Gasteiger partial charge is 0.327 e. The minimum atomic E-state index is -1.72. The van der Waals surface area contributed by atoms with Crippen LogP contribution in [0.1, 0.15) is 24.8 Å². The maximum absolute atomic E-state index is 12.9. The number of aliphatic carboxylic acids is 3. The molecule has 1 aromatic heterocycles. The van der Waals surface area contributed by atoms with E-state index in [1.54, 1.807) is 6.20 Å². The highest BCUT2D eigenvalue weighted by Gasteiger charge is 2.31. The molecule has 0 aliphatic rings. The van der Waals surface area contributed by atoms with Crippen molar-refractivity contribution in [2.75, 3.05) is 5.75 Å². The third kappa shape index (κ3) is 8.77. The fraction of sp³-hybridized carbons (Fsp3) is 0.391. The Morgan fingerprint density at radius 2 is 1.47 bits per heavy atom. The van der Waals surface area contributed by atoms with Gasteiger partial charge in [0, 0.05) is 29.3 Å². The van der Waals surface area contributed by atoms with Gasteiger partial charge in [-0.2, -0.15) is 12.6 Å². The largest absolute Gasteiger partial charge is 0.481 e. The van der Waals surface area contributed by atoms with Crippen molar-refractivity contribution >= 4 is 59.2 Å². The van der Waals surface area contributed by atoms with Gasteiger partial charge in [0.05, 0.1) is 12.5 Å². The molecule has 206 valence electrons. The SMILES string of the molecule is N[C@@H](Cc1c[nH]c2ccccc12)C(=O)N[C@@H](CCC(=O)O)C(=O)N[C@@H](CC(=O)O)C(=O)N[C@@H](CS)C(=O)O. The summed E-state index contributed by atoms with van der Waals surface area (Å²) in [6.45, 7) is 0. The molecule has 4 atom stereocenters. The number of carboxylic acids is 3. The number of hydrogen-bond acceptors (Lipinski definition) is 8. The zero-order valence-corrected chi connectivity index (χ0v) is 20.9. The molecule has 15 heteroatoms. The van der Waals surface area contributed by atoms with E-state index < -0.39 is 72.6 Å². The van der Waals surface area contributed by atoms with E-state index >= 15 is 0 Å². The van der Waals surface area contributed by atoms with E-state index in [-0.39, 0.29) is 18.6 Å². The third-order valence-corrected chi connectivity index (χ3v) is 5.91. The molecule has 0 aliphatic heterocycles. The third-order valence-electron chi connectivity index (χ3n) is 5.54. The molecule has 38 heavy (non-hydrogen) atoms. The van der Waals surface area contributed by atoms with Gasteiger partial charge in [0.25, 0.3) is 0 Å². The van der Waals surface area contributed by atoms with Gasteiger partial charge in [-0.3, -0.25) is 24.0 Å². The van der Waals surface area contributed by atoms with Gasteiger partial charge in [0.15, 0.2) is 0 Å². The average Bonchev–Trinajstić information content (AvgIpc) is 3.26. The summed E-state index contributed by atoms with van der Waals surface area (Å²) >= 11 is 3.81. The number of carbonyl (C=O) groups is 6. The van der Waals surface area contributed by atoms with Gasteiger partial charge in [0.1, 0.15) is 18.1 Å². The number of rotatable bonds is 15. The second kappa shape index (κ2) is 14.0. The molecule has 2 rings (SSSR count).